The van der Waals surface area contributed by atoms with Crippen LogP contribution in [0.4, 0.5) is 0 Å². The zero-order valence-corrected chi connectivity index (χ0v) is 18.6. The minimum absolute atomic E-state index is 0.0243. The van der Waals surface area contributed by atoms with Gasteiger partial charge in [-0.25, -0.2) is 0 Å². The molecular formula is C23H37NO7. The molecule has 6 rings (SSSR count). The standard InChI is InChI=1S/C23H37NO7/c1-4-24-9-20(10-30-2)6-5-14(26)22-12-7-11-13(25)8-21(28,15(12)16(11)27)23(29,19(22)24)18(31-3)17(20)22/h11-19,25-29H,4-10H2,1-3H3/t11-,12-,13+,14-,15-,16-,17+,18+,19-,20-,21-,22-,23+/m1/s1. The number of rotatable bonds is 4. The molecule has 0 unspecified atom stereocenters. The number of likely N-dealkylation sites (N-methyl/N-ethyl adjacent to an activating group) is 1. The van der Waals surface area contributed by atoms with Crippen molar-refractivity contribution in [3.63, 3.8) is 0 Å². The van der Waals surface area contributed by atoms with Gasteiger partial charge in [0, 0.05) is 55.8 Å². The topological polar surface area (TPSA) is 123 Å². The number of aliphatic hydroxyl groups is 5. The van der Waals surface area contributed by atoms with E-state index in [1.165, 1.54) is 0 Å². The summed E-state index contributed by atoms with van der Waals surface area (Å²) in [5.74, 6) is -1.33. The molecule has 6 fully saturated rings. The van der Waals surface area contributed by atoms with Crippen molar-refractivity contribution in [2.75, 3.05) is 33.9 Å². The average molecular weight is 440 g/mol. The second kappa shape index (κ2) is 6.21. The highest BCUT2D eigenvalue weighted by atomic mass is 16.5. The van der Waals surface area contributed by atoms with E-state index in [9.17, 15) is 25.5 Å². The van der Waals surface area contributed by atoms with Crippen LogP contribution in [0, 0.1) is 34.5 Å². The van der Waals surface area contributed by atoms with Crippen LogP contribution in [0.25, 0.3) is 0 Å². The number of hydrogen-bond donors (Lipinski definition) is 5. The van der Waals surface area contributed by atoms with Gasteiger partial charge in [-0.2, -0.15) is 0 Å². The van der Waals surface area contributed by atoms with Gasteiger partial charge in [0.05, 0.1) is 37.1 Å². The van der Waals surface area contributed by atoms with Gasteiger partial charge in [0.15, 0.2) is 0 Å². The summed E-state index contributed by atoms with van der Waals surface area (Å²) in [5, 5.41) is 58.8. The SMILES string of the molecule is CCN1C[C@@]2(COC)CC[C@@H](O)[C@@]34[C@@H]5C[C@H]6[C@@H](O)[C@@H]5[C@](O)(C[C@@H]6O)[C@@](O)([C@H]13)[C@@H](OC)[C@@H]24. The van der Waals surface area contributed by atoms with Crippen LogP contribution in [-0.4, -0.2) is 106 Å². The first-order valence-electron chi connectivity index (χ1n) is 11.9. The number of aliphatic hydroxyl groups excluding tert-OH is 3. The summed E-state index contributed by atoms with van der Waals surface area (Å²) in [6.07, 6.45) is -1.25. The molecule has 5 aliphatic carbocycles. The molecule has 13 atom stereocenters. The first-order chi connectivity index (χ1) is 14.7. The summed E-state index contributed by atoms with van der Waals surface area (Å²) in [6, 6.07) is -0.497. The molecule has 5 N–H and O–H groups in total. The summed E-state index contributed by atoms with van der Waals surface area (Å²) < 4.78 is 11.8. The first-order valence-corrected chi connectivity index (χ1v) is 11.9. The molecule has 1 spiro atoms. The predicted octanol–water partition coefficient (Wildman–Crippen LogP) is -1.04. The summed E-state index contributed by atoms with van der Waals surface area (Å²) >= 11 is 0. The zero-order valence-electron chi connectivity index (χ0n) is 18.6. The number of piperidine rings is 1. The van der Waals surface area contributed by atoms with Crippen LogP contribution >= 0.6 is 0 Å². The van der Waals surface area contributed by atoms with Gasteiger partial charge in [0.2, 0.25) is 0 Å². The molecule has 8 heteroatoms. The van der Waals surface area contributed by atoms with Crippen molar-refractivity contribution in [1.82, 2.24) is 4.90 Å². The number of fused-ring (bicyclic) bond motifs is 2. The van der Waals surface area contributed by atoms with Gasteiger partial charge < -0.3 is 35.0 Å². The fourth-order valence-corrected chi connectivity index (χ4v) is 10.5. The second-order valence-corrected chi connectivity index (χ2v) is 11.5. The van der Waals surface area contributed by atoms with Crippen LogP contribution in [0.3, 0.4) is 0 Å². The van der Waals surface area contributed by atoms with Gasteiger partial charge in [-0.1, -0.05) is 6.92 Å². The number of methoxy groups -OCH3 is 2. The Morgan fingerprint density at radius 2 is 1.87 bits per heavy atom. The molecule has 8 nitrogen and oxygen atoms in total. The van der Waals surface area contributed by atoms with Crippen molar-refractivity contribution >= 4 is 0 Å². The minimum atomic E-state index is -1.71. The van der Waals surface area contributed by atoms with Gasteiger partial charge in [-0.15, -0.1) is 0 Å². The van der Waals surface area contributed by atoms with Crippen LogP contribution < -0.4 is 0 Å². The molecule has 0 aromatic heterocycles. The third-order valence-corrected chi connectivity index (χ3v) is 11.0. The van der Waals surface area contributed by atoms with Crippen molar-refractivity contribution in [3.8, 4) is 0 Å². The molecule has 1 aliphatic heterocycles. The van der Waals surface area contributed by atoms with Gasteiger partial charge in [0.25, 0.3) is 0 Å². The highest BCUT2D eigenvalue weighted by Gasteiger charge is 2.91. The third kappa shape index (κ3) is 1.93. The summed E-state index contributed by atoms with van der Waals surface area (Å²) in [7, 11) is 3.27. The van der Waals surface area contributed by atoms with E-state index in [-0.39, 0.29) is 29.6 Å². The van der Waals surface area contributed by atoms with E-state index >= 15 is 0 Å². The molecule has 0 aromatic carbocycles. The van der Waals surface area contributed by atoms with Gasteiger partial charge >= 0.3 is 0 Å². The lowest BCUT2D eigenvalue weighted by Crippen LogP contribution is -2.81. The minimum Gasteiger partial charge on any atom is -0.393 e. The van der Waals surface area contributed by atoms with Crippen molar-refractivity contribution in [2.45, 2.75) is 74.3 Å². The van der Waals surface area contributed by atoms with E-state index in [4.69, 9.17) is 9.47 Å². The molecule has 0 radical (unpaired) electrons. The summed E-state index contributed by atoms with van der Waals surface area (Å²) in [5.41, 5.74) is -4.44. The molecule has 31 heavy (non-hydrogen) atoms. The number of ether oxygens (including phenoxy) is 2. The smallest absolute Gasteiger partial charge is 0.136 e. The lowest BCUT2D eigenvalue weighted by atomic mass is 9.42. The van der Waals surface area contributed by atoms with Crippen molar-refractivity contribution in [1.29, 1.82) is 0 Å². The Bertz CT molecular complexity index is 779. The maximum absolute atomic E-state index is 12.6. The van der Waals surface area contributed by atoms with Crippen molar-refractivity contribution in [3.05, 3.63) is 0 Å². The summed E-state index contributed by atoms with van der Waals surface area (Å²) in [6.45, 7) is 3.93. The molecular weight excluding hydrogens is 402 g/mol. The molecule has 1 heterocycles. The van der Waals surface area contributed by atoms with Crippen LogP contribution in [-0.2, 0) is 9.47 Å². The maximum Gasteiger partial charge on any atom is 0.136 e. The van der Waals surface area contributed by atoms with E-state index < -0.39 is 53.0 Å². The zero-order chi connectivity index (χ0) is 22.1. The van der Waals surface area contributed by atoms with Crippen molar-refractivity contribution < 1.29 is 35.0 Å². The molecule has 6 aliphatic rings. The fraction of sp³-hybridized carbons (Fsp3) is 1.00. The van der Waals surface area contributed by atoms with Gasteiger partial charge in [-0.3, -0.25) is 4.90 Å². The van der Waals surface area contributed by atoms with E-state index in [1.54, 1.807) is 14.2 Å². The Kier molecular flexibility index (Phi) is 4.26. The Hall–Kier alpha value is -0.320. The second-order valence-electron chi connectivity index (χ2n) is 11.5. The normalized spacial score (nSPS) is 64.1. The van der Waals surface area contributed by atoms with Crippen LogP contribution in [0.2, 0.25) is 0 Å². The quantitative estimate of drug-likeness (QED) is 0.377. The first kappa shape index (κ1) is 21.2. The number of likely N-dealkylation sites (tertiary alicyclic amines) is 1. The van der Waals surface area contributed by atoms with Crippen LogP contribution in [0.15, 0.2) is 0 Å². The Labute approximate surface area is 183 Å². The van der Waals surface area contributed by atoms with Crippen molar-refractivity contribution in [2.24, 2.45) is 34.5 Å². The Balaban J connectivity index is 1.68. The van der Waals surface area contributed by atoms with E-state index in [0.717, 1.165) is 6.42 Å². The molecule has 0 amide bonds. The highest BCUT2D eigenvalue weighted by molar-refractivity contribution is 5.41. The van der Waals surface area contributed by atoms with E-state index in [1.807, 2.05) is 0 Å². The predicted molar refractivity (Wildman–Crippen MR) is 109 cm³/mol. The van der Waals surface area contributed by atoms with Gasteiger partial charge in [0.1, 0.15) is 11.2 Å². The molecule has 1 saturated heterocycles. The highest BCUT2D eigenvalue weighted by Crippen LogP contribution is 2.79. The summed E-state index contributed by atoms with van der Waals surface area (Å²) in [4.78, 5) is 2.23. The lowest BCUT2D eigenvalue weighted by Gasteiger charge is -2.69. The largest absolute Gasteiger partial charge is 0.393 e. The lowest BCUT2D eigenvalue weighted by molar-refractivity contribution is -0.316. The Morgan fingerprint density at radius 3 is 2.52 bits per heavy atom. The molecule has 0 aromatic rings. The number of hydrogen-bond acceptors (Lipinski definition) is 8. The monoisotopic (exact) mass is 439 g/mol. The maximum atomic E-state index is 12.6. The van der Waals surface area contributed by atoms with Gasteiger partial charge in [-0.05, 0) is 31.7 Å². The molecule has 176 valence electrons. The van der Waals surface area contributed by atoms with Crippen LogP contribution in [0.5, 0.6) is 0 Å². The molecule has 7 bridgehead atoms. The number of nitrogens with zero attached hydrogens (tertiary/aromatic N) is 1. The van der Waals surface area contributed by atoms with E-state index in [0.29, 0.717) is 32.5 Å². The van der Waals surface area contributed by atoms with E-state index in [2.05, 4.69) is 11.8 Å². The average Bonchev–Trinajstić information content (AvgIpc) is 3.11. The van der Waals surface area contributed by atoms with Crippen LogP contribution in [0.1, 0.15) is 32.6 Å². The fourth-order valence-electron chi connectivity index (χ4n) is 10.5. The molecule has 5 saturated carbocycles. The third-order valence-electron chi connectivity index (χ3n) is 11.0. The Morgan fingerprint density at radius 1 is 1.13 bits per heavy atom.